The highest BCUT2D eigenvalue weighted by Crippen LogP contribution is 2.23. The van der Waals surface area contributed by atoms with Crippen LogP contribution in [0, 0.1) is 0 Å². The maximum absolute atomic E-state index is 12.3. The van der Waals surface area contributed by atoms with Crippen molar-refractivity contribution in [1.82, 2.24) is 5.32 Å². The monoisotopic (exact) mass is 425 g/mol. The third-order valence-electron chi connectivity index (χ3n) is 3.60. The third kappa shape index (κ3) is 5.29. The molecule has 2 aromatic rings. The summed E-state index contributed by atoms with van der Waals surface area (Å²) in [6.07, 6.45) is -1.21. The molecule has 2 atom stereocenters. The minimum atomic E-state index is -1.38. The number of hydrogen-bond donors (Lipinski definition) is 2. The lowest BCUT2D eigenvalue weighted by molar-refractivity contribution is -0.146. The lowest BCUT2D eigenvalue weighted by Crippen LogP contribution is -2.45. The van der Waals surface area contributed by atoms with E-state index in [-0.39, 0.29) is 6.42 Å². The topological polar surface area (TPSA) is 75.6 Å². The second-order valence-electron chi connectivity index (χ2n) is 5.34. The maximum Gasteiger partial charge on any atom is 0.328 e. The van der Waals surface area contributed by atoms with Gasteiger partial charge in [0.25, 0.3) is 5.91 Å². The van der Waals surface area contributed by atoms with Crippen LogP contribution >= 0.6 is 27.5 Å². The molecule has 7 heteroatoms. The molecule has 5 nitrogen and oxygen atoms in total. The van der Waals surface area contributed by atoms with E-state index in [9.17, 15) is 14.7 Å². The molecule has 0 saturated heterocycles. The van der Waals surface area contributed by atoms with E-state index < -0.39 is 24.0 Å². The number of esters is 1. The predicted octanol–water partition coefficient (Wildman–Crippen LogP) is 3.04. The number of nitrogens with one attached hydrogen (secondary N) is 1. The van der Waals surface area contributed by atoms with Crippen LogP contribution in [0.5, 0.6) is 0 Å². The van der Waals surface area contributed by atoms with Crippen LogP contribution in [0.4, 0.5) is 0 Å². The zero-order chi connectivity index (χ0) is 18.4. The highest BCUT2D eigenvalue weighted by atomic mass is 79.9. The highest BCUT2D eigenvalue weighted by Gasteiger charge is 2.26. The molecule has 0 aliphatic heterocycles. The number of aliphatic hydroxyl groups is 1. The summed E-state index contributed by atoms with van der Waals surface area (Å²) < 4.78 is 5.51. The van der Waals surface area contributed by atoms with Gasteiger partial charge >= 0.3 is 5.97 Å². The molecule has 0 bridgehead atoms. The first-order chi connectivity index (χ1) is 11.9. The first-order valence-electron chi connectivity index (χ1n) is 7.47. The molecule has 0 saturated carbocycles. The number of rotatable bonds is 6. The van der Waals surface area contributed by atoms with Crippen molar-refractivity contribution in [3.63, 3.8) is 0 Å². The van der Waals surface area contributed by atoms with Crippen LogP contribution in [-0.4, -0.2) is 30.1 Å². The van der Waals surface area contributed by atoms with Gasteiger partial charge in [0.15, 0.2) is 6.10 Å². The van der Waals surface area contributed by atoms with E-state index >= 15 is 0 Å². The molecule has 1 amide bonds. The van der Waals surface area contributed by atoms with Crippen LogP contribution in [0.2, 0.25) is 5.02 Å². The second-order valence-corrected chi connectivity index (χ2v) is 6.63. The summed E-state index contributed by atoms with van der Waals surface area (Å²) in [5.74, 6) is -1.29. The summed E-state index contributed by atoms with van der Waals surface area (Å²) >= 11 is 9.37. The Kier molecular flexibility index (Phi) is 6.99. The Morgan fingerprint density at radius 1 is 1.24 bits per heavy atom. The lowest BCUT2D eigenvalue weighted by atomic mass is 10.0. The van der Waals surface area contributed by atoms with Crippen molar-refractivity contribution in [3.05, 3.63) is 69.2 Å². The number of carbonyl (C=O) groups excluding carboxylic acids is 2. The second kappa shape index (κ2) is 8.99. The van der Waals surface area contributed by atoms with Crippen LogP contribution in [0.3, 0.4) is 0 Å². The number of hydrogen-bond acceptors (Lipinski definition) is 4. The van der Waals surface area contributed by atoms with E-state index in [1.54, 1.807) is 48.5 Å². The molecule has 132 valence electrons. The Morgan fingerprint density at radius 2 is 1.92 bits per heavy atom. The van der Waals surface area contributed by atoms with Gasteiger partial charge in [0, 0.05) is 15.9 Å². The van der Waals surface area contributed by atoms with Gasteiger partial charge in [-0.15, -0.1) is 0 Å². The average molecular weight is 427 g/mol. The zero-order valence-electron chi connectivity index (χ0n) is 13.4. The highest BCUT2D eigenvalue weighted by molar-refractivity contribution is 9.10. The van der Waals surface area contributed by atoms with Crippen molar-refractivity contribution >= 4 is 39.4 Å². The smallest absolute Gasteiger partial charge is 0.328 e. The molecule has 0 fully saturated rings. The van der Waals surface area contributed by atoms with Gasteiger partial charge < -0.3 is 15.2 Å². The molecular weight excluding hydrogens is 410 g/mol. The first-order valence-corrected chi connectivity index (χ1v) is 8.64. The van der Waals surface area contributed by atoms with Gasteiger partial charge in [0.2, 0.25) is 0 Å². The van der Waals surface area contributed by atoms with Crippen molar-refractivity contribution < 1.29 is 19.4 Å². The fraction of sp³-hybridized carbons (Fsp3) is 0.222. The van der Waals surface area contributed by atoms with Crippen LogP contribution < -0.4 is 5.32 Å². The molecule has 0 aromatic heterocycles. The number of aliphatic hydroxyl groups excluding tert-OH is 1. The maximum atomic E-state index is 12.3. The quantitative estimate of drug-likeness (QED) is 0.696. The Hall–Kier alpha value is -1.89. The Balaban J connectivity index is 2.16. The fourth-order valence-electron chi connectivity index (χ4n) is 2.29. The van der Waals surface area contributed by atoms with Crippen LogP contribution in [-0.2, 0) is 20.7 Å². The molecule has 25 heavy (non-hydrogen) atoms. The summed E-state index contributed by atoms with van der Waals surface area (Å²) in [7, 11) is 1.24. The summed E-state index contributed by atoms with van der Waals surface area (Å²) in [6.45, 7) is 0. The van der Waals surface area contributed by atoms with E-state index in [1.165, 1.54) is 7.11 Å². The molecule has 0 aliphatic carbocycles. The van der Waals surface area contributed by atoms with Gasteiger partial charge in [0.05, 0.1) is 7.11 Å². The third-order valence-corrected chi connectivity index (χ3v) is 4.61. The minimum absolute atomic E-state index is 0.168. The molecule has 0 unspecified atom stereocenters. The Labute approximate surface area is 159 Å². The standard InChI is InChI=1S/C18H17BrClNO4/c1-25-18(24)15(10-12-9-13(20)7-8-14(12)19)21-17(23)16(22)11-5-3-2-4-6-11/h2-9,15-16,22H,10H2,1H3,(H,21,23)/t15-,16+/m1/s1. The van der Waals surface area contributed by atoms with Gasteiger partial charge in [0.1, 0.15) is 6.04 Å². The molecule has 2 N–H and O–H groups in total. The first kappa shape index (κ1) is 19.4. The van der Waals surface area contributed by atoms with Crippen molar-refractivity contribution in [3.8, 4) is 0 Å². The van der Waals surface area contributed by atoms with Crippen LogP contribution in [0.1, 0.15) is 17.2 Å². The van der Waals surface area contributed by atoms with Crippen LogP contribution in [0.15, 0.2) is 53.0 Å². The van der Waals surface area contributed by atoms with Crippen molar-refractivity contribution in [2.45, 2.75) is 18.6 Å². The van der Waals surface area contributed by atoms with Gasteiger partial charge in [-0.3, -0.25) is 4.79 Å². The van der Waals surface area contributed by atoms with E-state index in [2.05, 4.69) is 21.2 Å². The molecule has 0 radical (unpaired) electrons. The summed E-state index contributed by atoms with van der Waals surface area (Å²) in [5.41, 5.74) is 1.17. The molecule has 2 rings (SSSR count). The van der Waals surface area contributed by atoms with Crippen LogP contribution in [0.25, 0.3) is 0 Å². The molecule has 0 spiro atoms. The number of halogens is 2. The lowest BCUT2D eigenvalue weighted by Gasteiger charge is -2.19. The zero-order valence-corrected chi connectivity index (χ0v) is 15.8. The SMILES string of the molecule is COC(=O)[C@@H](Cc1cc(Cl)ccc1Br)NC(=O)[C@@H](O)c1ccccc1. The number of carbonyl (C=O) groups is 2. The predicted molar refractivity (Wildman–Crippen MR) is 98.2 cm³/mol. The fourth-order valence-corrected chi connectivity index (χ4v) is 2.90. The Morgan fingerprint density at radius 3 is 2.56 bits per heavy atom. The van der Waals surface area contributed by atoms with Crippen molar-refractivity contribution in [2.75, 3.05) is 7.11 Å². The largest absolute Gasteiger partial charge is 0.467 e. The van der Waals surface area contributed by atoms with E-state index in [0.29, 0.717) is 10.6 Å². The molecule has 0 aliphatic rings. The van der Waals surface area contributed by atoms with E-state index in [1.807, 2.05) is 0 Å². The summed E-state index contributed by atoms with van der Waals surface area (Å²) in [5, 5.41) is 13.2. The minimum Gasteiger partial charge on any atom is -0.467 e. The summed E-state index contributed by atoms with van der Waals surface area (Å²) in [4.78, 5) is 24.3. The normalized spacial score (nSPS) is 13.0. The molecular formula is C18H17BrClNO4. The van der Waals surface area contributed by atoms with E-state index in [4.69, 9.17) is 16.3 Å². The van der Waals surface area contributed by atoms with Gasteiger partial charge in [-0.25, -0.2) is 4.79 Å². The average Bonchev–Trinajstić information content (AvgIpc) is 2.63. The van der Waals surface area contributed by atoms with E-state index in [0.717, 1.165) is 10.0 Å². The molecule has 0 heterocycles. The molecule has 2 aromatic carbocycles. The Bertz CT molecular complexity index is 754. The number of benzene rings is 2. The van der Waals surface area contributed by atoms with Crippen molar-refractivity contribution in [2.24, 2.45) is 0 Å². The number of methoxy groups -OCH3 is 1. The van der Waals surface area contributed by atoms with Crippen molar-refractivity contribution in [1.29, 1.82) is 0 Å². The van der Waals surface area contributed by atoms with Gasteiger partial charge in [-0.2, -0.15) is 0 Å². The summed E-state index contributed by atoms with van der Waals surface area (Å²) in [6, 6.07) is 12.7. The van der Waals surface area contributed by atoms with Gasteiger partial charge in [-0.1, -0.05) is 57.9 Å². The number of amides is 1. The number of ether oxygens (including phenoxy) is 1. The van der Waals surface area contributed by atoms with Gasteiger partial charge in [-0.05, 0) is 29.3 Å².